The molecule has 2 aliphatic rings. The number of amides is 5. The maximum Gasteiger partial charge on any atom is 0.321 e. The van der Waals surface area contributed by atoms with Gasteiger partial charge in [-0.05, 0) is 37.2 Å². The quantitative estimate of drug-likeness (QED) is 0.282. The average molecular weight is 459 g/mol. The number of benzene rings is 1. The van der Waals surface area contributed by atoms with Crippen LogP contribution in [0.4, 0.5) is 4.79 Å². The standard InChI is InChI=1S/C24H34N4O5/c29-17-27(33)16-20(15-19-9-4-5-10-19)23(31)28-14-6-11-21(28)22(30)26-24(32)25-13-12-18-7-2-1-3-8-18/h1-3,7-8,17,19-21,33H,4-6,9-16H2,(H2,25,26,30,32)/t20-,21+/m1/s1. The van der Waals surface area contributed by atoms with Crippen molar-refractivity contribution in [3.05, 3.63) is 35.9 Å². The summed E-state index contributed by atoms with van der Waals surface area (Å²) in [4.78, 5) is 50.7. The molecule has 1 aromatic rings. The predicted octanol–water partition coefficient (Wildman–Crippen LogP) is 2.09. The lowest BCUT2D eigenvalue weighted by Crippen LogP contribution is -2.52. The highest BCUT2D eigenvalue weighted by molar-refractivity contribution is 5.99. The molecule has 33 heavy (non-hydrogen) atoms. The molecule has 1 aromatic carbocycles. The minimum absolute atomic E-state index is 0.0936. The molecule has 0 unspecified atom stereocenters. The van der Waals surface area contributed by atoms with Gasteiger partial charge in [-0.2, -0.15) is 0 Å². The van der Waals surface area contributed by atoms with Crippen LogP contribution >= 0.6 is 0 Å². The fourth-order valence-electron chi connectivity index (χ4n) is 4.91. The van der Waals surface area contributed by atoms with E-state index in [4.69, 9.17) is 0 Å². The highest BCUT2D eigenvalue weighted by Gasteiger charge is 2.39. The number of nitrogens with one attached hydrogen (secondary N) is 2. The summed E-state index contributed by atoms with van der Waals surface area (Å²) in [7, 11) is 0. The molecule has 180 valence electrons. The second kappa shape index (κ2) is 12.3. The van der Waals surface area contributed by atoms with E-state index in [1.165, 1.54) is 4.90 Å². The van der Waals surface area contributed by atoms with Gasteiger partial charge in [-0.1, -0.05) is 56.0 Å². The van der Waals surface area contributed by atoms with Crippen molar-refractivity contribution < 1.29 is 24.4 Å². The van der Waals surface area contributed by atoms with Crippen LogP contribution in [0.5, 0.6) is 0 Å². The van der Waals surface area contributed by atoms with E-state index in [0.717, 1.165) is 31.2 Å². The normalized spacial score (nSPS) is 19.2. The third kappa shape index (κ3) is 7.28. The molecule has 9 heteroatoms. The smallest absolute Gasteiger partial charge is 0.321 e. The Morgan fingerprint density at radius 2 is 1.85 bits per heavy atom. The molecule has 0 radical (unpaired) electrons. The monoisotopic (exact) mass is 458 g/mol. The van der Waals surface area contributed by atoms with E-state index in [1.54, 1.807) is 0 Å². The van der Waals surface area contributed by atoms with Crippen molar-refractivity contribution in [3.8, 4) is 0 Å². The SMILES string of the molecule is O=CN(O)C[C@@H](CC1CCCC1)C(=O)N1CCC[C@H]1C(=O)NC(=O)NCCc1ccccc1. The molecule has 0 bridgehead atoms. The molecule has 0 aromatic heterocycles. The van der Waals surface area contributed by atoms with Gasteiger partial charge < -0.3 is 10.2 Å². The van der Waals surface area contributed by atoms with Crippen molar-refractivity contribution in [1.82, 2.24) is 20.6 Å². The first-order chi connectivity index (χ1) is 16.0. The molecule has 0 spiro atoms. The molecule has 1 heterocycles. The molecule has 1 saturated carbocycles. The summed E-state index contributed by atoms with van der Waals surface area (Å²) in [5.74, 6) is -0.945. The molecule has 3 N–H and O–H groups in total. The average Bonchev–Trinajstić information content (AvgIpc) is 3.51. The van der Waals surface area contributed by atoms with E-state index < -0.39 is 23.9 Å². The first-order valence-corrected chi connectivity index (χ1v) is 11.8. The first-order valence-electron chi connectivity index (χ1n) is 11.8. The van der Waals surface area contributed by atoms with Crippen molar-refractivity contribution in [2.75, 3.05) is 19.6 Å². The molecule has 5 amide bonds. The van der Waals surface area contributed by atoms with Crippen LogP contribution in [0.15, 0.2) is 30.3 Å². The molecular formula is C24H34N4O5. The lowest BCUT2D eigenvalue weighted by molar-refractivity contribution is -0.158. The molecule has 1 aliphatic heterocycles. The Labute approximate surface area is 194 Å². The fourth-order valence-corrected chi connectivity index (χ4v) is 4.91. The van der Waals surface area contributed by atoms with Crippen LogP contribution in [0.25, 0.3) is 0 Å². The van der Waals surface area contributed by atoms with Crippen molar-refractivity contribution in [3.63, 3.8) is 0 Å². The van der Waals surface area contributed by atoms with Gasteiger partial charge >= 0.3 is 6.03 Å². The van der Waals surface area contributed by atoms with Crippen LogP contribution in [0.2, 0.25) is 0 Å². The van der Waals surface area contributed by atoms with Crippen LogP contribution in [-0.2, 0) is 20.8 Å². The van der Waals surface area contributed by atoms with E-state index in [-0.39, 0.29) is 12.5 Å². The summed E-state index contributed by atoms with van der Waals surface area (Å²) < 4.78 is 0. The summed E-state index contributed by atoms with van der Waals surface area (Å²) in [5.41, 5.74) is 1.08. The summed E-state index contributed by atoms with van der Waals surface area (Å²) >= 11 is 0. The van der Waals surface area contributed by atoms with Gasteiger partial charge in [-0.25, -0.2) is 9.86 Å². The highest BCUT2D eigenvalue weighted by Crippen LogP contribution is 2.32. The molecule has 3 rings (SSSR count). The zero-order valence-corrected chi connectivity index (χ0v) is 18.9. The van der Waals surface area contributed by atoms with Crippen molar-refractivity contribution in [2.24, 2.45) is 11.8 Å². The number of likely N-dealkylation sites (tertiary alicyclic amines) is 1. The second-order valence-corrected chi connectivity index (χ2v) is 8.98. The van der Waals surface area contributed by atoms with Crippen LogP contribution in [0.3, 0.4) is 0 Å². The van der Waals surface area contributed by atoms with Crippen molar-refractivity contribution >= 4 is 24.3 Å². The van der Waals surface area contributed by atoms with Gasteiger partial charge in [0.05, 0.1) is 12.5 Å². The van der Waals surface area contributed by atoms with Gasteiger partial charge in [0.25, 0.3) is 5.91 Å². The third-order valence-corrected chi connectivity index (χ3v) is 6.59. The number of rotatable bonds is 10. The molecule has 2 fully saturated rings. The Bertz CT molecular complexity index is 812. The van der Waals surface area contributed by atoms with Gasteiger partial charge in [0.2, 0.25) is 12.3 Å². The van der Waals surface area contributed by atoms with E-state index >= 15 is 0 Å². The highest BCUT2D eigenvalue weighted by atomic mass is 16.5. The number of hydrogen-bond acceptors (Lipinski definition) is 5. The predicted molar refractivity (Wildman–Crippen MR) is 121 cm³/mol. The molecular weight excluding hydrogens is 424 g/mol. The number of carbonyl (C=O) groups excluding carboxylic acids is 4. The van der Waals surface area contributed by atoms with Crippen LogP contribution < -0.4 is 10.6 Å². The summed E-state index contributed by atoms with van der Waals surface area (Å²) in [6.07, 6.45) is 6.96. The lowest BCUT2D eigenvalue weighted by Gasteiger charge is -2.30. The number of imide groups is 1. The minimum atomic E-state index is -0.730. The van der Waals surface area contributed by atoms with E-state index in [1.807, 2.05) is 30.3 Å². The van der Waals surface area contributed by atoms with Gasteiger partial charge in [0.15, 0.2) is 0 Å². The maximum atomic E-state index is 13.3. The number of carbonyl (C=O) groups is 4. The minimum Gasteiger partial charge on any atom is -0.337 e. The molecule has 9 nitrogen and oxygen atoms in total. The molecule has 1 aliphatic carbocycles. The Kier molecular flexibility index (Phi) is 9.24. The number of urea groups is 1. The Balaban J connectivity index is 1.54. The number of nitrogens with zero attached hydrogens (tertiary/aromatic N) is 2. The van der Waals surface area contributed by atoms with Gasteiger partial charge in [0.1, 0.15) is 6.04 Å². The maximum absolute atomic E-state index is 13.3. The largest absolute Gasteiger partial charge is 0.337 e. The zero-order chi connectivity index (χ0) is 23.6. The first kappa shape index (κ1) is 24.7. The summed E-state index contributed by atoms with van der Waals surface area (Å²) in [5, 5.41) is 15.3. The second-order valence-electron chi connectivity index (χ2n) is 8.98. The molecule has 2 atom stereocenters. The fraction of sp³-hybridized carbons (Fsp3) is 0.583. The van der Waals surface area contributed by atoms with Gasteiger partial charge in [-0.15, -0.1) is 0 Å². The van der Waals surface area contributed by atoms with Crippen molar-refractivity contribution in [1.29, 1.82) is 0 Å². The number of hydroxylamine groups is 2. The van der Waals surface area contributed by atoms with E-state index in [9.17, 15) is 24.4 Å². The van der Waals surface area contributed by atoms with E-state index in [2.05, 4.69) is 10.6 Å². The van der Waals surface area contributed by atoms with Crippen LogP contribution in [0, 0.1) is 11.8 Å². The number of hydrogen-bond donors (Lipinski definition) is 3. The summed E-state index contributed by atoms with van der Waals surface area (Å²) in [6, 6.07) is 8.39. The van der Waals surface area contributed by atoms with E-state index in [0.29, 0.717) is 56.2 Å². The van der Waals surface area contributed by atoms with Gasteiger partial charge in [-0.3, -0.25) is 24.9 Å². The summed E-state index contributed by atoms with van der Waals surface area (Å²) in [6.45, 7) is 0.710. The Morgan fingerprint density at radius 3 is 2.55 bits per heavy atom. The molecule has 1 saturated heterocycles. The van der Waals surface area contributed by atoms with Crippen molar-refractivity contribution in [2.45, 2.75) is 57.4 Å². The van der Waals surface area contributed by atoms with Crippen LogP contribution in [0.1, 0.15) is 50.5 Å². The van der Waals surface area contributed by atoms with Crippen LogP contribution in [-0.4, -0.2) is 65.1 Å². The Hall–Kier alpha value is -2.94. The third-order valence-electron chi connectivity index (χ3n) is 6.59. The van der Waals surface area contributed by atoms with Gasteiger partial charge in [0, 0.05) is 13.1 Å². The lowest BCUT2D eigenvalue weighted by atomic mass is 9.91. The Morgan fingerprint density at radius 1 is 1.12 bits per heavy atom. The zero-order valence-electron chi connectivity index (χ0n) is 18.9. The topological polar surface area (TPSA) is 119 Å².